The van der Waals surface area contributed by atoms with Crippen LogP contribution in [0, 0.1) is 17.0 Å². The summed E-state index contributed by atoms with van der Waals surface area (Å²) in [5.41, 5.74) is 1.73. The predicted octanol–water partition coefficient (Wildman–Crippen LogP) is 3.51. The minimum Gasteiger partial charge on any atom is -0.291 e. The molecule has 0 unspecified atom stereocenters. The van der Waals surface area contributed by atoms with Gasteiger partial charge in [0, 0.05) is 7.05 Å². The normalized spacial score (nSPS) is 20.9. The Hall–Kier alpha value is -4.06. The lowest BCUT2D eigenvalue weighted by Gasteiger charge is -2.43. The van der Waals surface area contributed by atoms with Crippen LogP contribution < -0.4 is 0 Å². The first kappa shape index (κ1) is 24.3. The van der Waals surface area contributed by atoms with E-state index in [1.54, 1.807) is 30.1 Å². The van der Waals surface area contributed by atoms with Crippen LogP contribution in [-0.2, 0) is 23.3 Å². The molecule has 3 heterocycles. The molecule has 2 aliphatic rings. The number of pyridine rings is 1. The molecule has 0 bridgehead atoms. The maximum Gasteiger partial charge on any atom is 0.267 e. The highest BCUT2D eigenvalue weighted by Crippen LogP contribution is 2.51. The van der Waals surface area contributed by atoms with E-state index in [1.165, 1.54) is 29.2 Å². The maximum absolute atomic E-state index is 14.1. The SMILES string of the molecule is Cn1cnc(S(=O)(=O)[C@H]2CCC3=Cc4c(cnn4-c4ccc(F)cc4)C[C@]3(C(=O)c3ccc(F)cn3)C2)n1. The van der Waals surface area contributed by atoms with Gasteiger partial charge >= 0.3 is 0 Å². The Morgan fingerprint density at radius 1 is 1.05 bits per heavy atom. The monoisotopic (exact) mass is 536 g/mol. The second-order valence-electron chi connectivity index (χ2n) is 9.67. The summed E-state index contributed by atoms with van der Waals surface area (Å²) in [4.78, 5) is 22.1. The van der Waals surface area contributed by atoms with Gasteiger partial charge in [-0.1, -0.05) is 5.57 Å². The number of hydrogen-bond donors (Lipinski definition) is 0. The molecule has 2 aliphatic carbocycles. The summed E-state index contributed by atoms with van der Waals surface area (Å²) in [5, 5.41) is 7.30. The molecule has 1 fully saturated rings. The number of aryl methyl sites for hydroxylation is 1. The Bertz CT molecular complexity index is 1690. The van der Waals surface area contributed by atoms with Crippen molar-refractivity contribution in [1.29, 1.82) is 0 Å². The quantitative estimate of drug-likeness (QED) is 0.359. The largest absolute Gasteiger partial charge is 0.291 e. The fourth-order valence-electron chi connectivity index (χ4n) is 5.47. The van der Waals surface area contributed by atoms with Crippen LogP contribution in [0.25, 0.3) is 11.8 Å². The first-order valence-corrected chi connectivity index (χ1v) is 13.5. The van der Waals surface area contributed by atoms with Crippen molar-refractivity contribution in [3.8, 4) is 5.69 Å². The number of allylic oxidation sites excluding steroid dienone is 1. The van der Waals surface area contributed by atoms with Gasteiger partial charge < -0.3 is 0 Å². The van der Waals surface area contributed by atoms with Gasteiger partial charge in [0.1, 0.15) is 23.7 Å². The average Bonchev–Trinajstić information content (AvgIpc) is 3.53. The molecule has 194 valence electrons. The molecule has 6 rings (SSSR count). The van der Waals surface area contributed by atoms with E-state index in [1.807, 2.05) is 6.08 Å². The molecular weight excluding hydrogens is 514 g/mol. The van der Waals surface area contributed by atoms with Gasteiger partial charge in [-0.25, -0.2) is 26.9 Å². The number of rotatable bonds is 5. The van der Waals surface area contributed by atoms with Crippen LogP contribution in [-0.4, -0.2) is 49.0 Å². The van der Waals surface area contributed by atoms with Crippen LogP contribution in [0.4, 0.5) is 8.78 Å². The second kappa shape index (κ2) is 8.76. The van der Waals surface area contributed by atoms with Gasteiger partial charge in [-0.05, 0) is 73.7 Å². The number of carbonyl (C=O) groups is 1. The standard InChI is InChI=1S/C26H22F2N6O3S/c1-33-15-30-25(32-33)38(36,37)21-8-2-17-10-23-16(13-31-34(23)20-6-3-18(27)4-7-20)11-26(17,12-21)24(35)22-9-5-19(28)14-29-22/h3-7,9-10,13-15,21H,2,8,11-12H2,1H3/t21-,26-/m0/s1. The molecule has 38 heavy (non-hydrogen) atoms. The molecule has 0 spiro atoms. The topological polar surface area (TPSA) is 113 Å². The lowest BCUT2D eigenvalue weighted by Crippen LogP contribution is -2.46. The highest BCUT2D eigenvalue weighted by molar-refractivity contribution is 7.91. The Labute approximate surface area is 216 Å². The van der Waals surface area contributed by atoms with Crippen LogP contribution >= 0.6 is 0 Å². The van der Waals surface area contributed by atoms with Crippen LogP contribution in [0.1, 0.15) is 41.0 Å². The maximum atomic E-state index is 14.1. The number of Topliss-reactive ketones (excluding diaryl/α,β-unsaturated/α-hetero) is 1. The van der Waals surface area contributed by atoms with Crippen LogP contribution in [0.15, 0.2) is 65.8 Å². The third kappa shape index (κ3) is 3.87. The molecule has 1 saturated carbocycles. The Balaban J connectivity index is 1.45. The molecule has 0 radical (unpaired) electrons. The molecule has 9 nitrogen and oxygen atoms in total. The highest BCUT2D eigenvalue weighted by atomic mass is 32.2. The molecule has 4 aromatic rings. The van der Waals surface area contributed by atoms with E-state index >= 15 is 0 Å². The summed E-state index contributed by atoms with van der Waals surface area (Å²) >= 11 is 0. The van der Waals surface area contributed by atoms with Gasteiger partial charge in [0.25, 0.3) is 5.16 Å². The number of ketones is 1. The van der Waals surface area contributed by atoms with Gasteiger partial charge in [0.15, 0.2) is 5.78 Å². The van der Waals surface area contributed by atoms with E-state index < -0.39 is 26.3 Å². The van der Waals surface area contributed by atoms with Crippen molar-refractivity contribution >= 4 is 21.7 Å². The zero-order valence-electron chi connectivity index (χ0n) is 20.3. The molecule has 0 aliphatic heterocycles. The number of aromatic nitrogens is 6. The van der Waals surface area contributed by atoms with Gasteiger partial charge in [-0.3, -0.25) is 14.5 Å². The van der Waals surface area contributed by atoms with Crippen molar-refractivity contribution in [1.82, 2.24) is 29.5 Å². The molecular formula is C26H22F2N6O3S. The molecule has 0 saturated heterocycles. The van der Waals surface area contributed by atoms with E-state index in [2.05, 4.69) is 20.2 Å². The minimum absolute atomic E-state index is 0.00151. The van der Waals surface area contributed by atoms with Gasteiger partial charge in [0.2, 0.25) is 9.84 Å². The molecule has 12 heteroatoms. The van der Waals surface area contributed by atoms with E-state index in [0.717, 1.165) is 29.1 Å². The van der Waals surface area contributed by atoms with Gasteiger partial charge in [-0.2, -0.15) is 5.10 Å². The second-order valence-corrected chi connectivity index (χ2v) is 11.8. The van der Waals surface area contributed by atoms with E-state index in [0.29, 0.717) is 12.1 Å². The summed E-state index contributed by atoms with van der Waals surface area (Å²) in [6.45, 7) is 0. The minimum atomic E-state index is -3.93. The third-order valence-electron chi connectivity index (χ3n) is 7.35. The number of fused-ring (bicyclic) bond motifs is 2. The third-order valence-corrected chi connectivity index (χ3v) is 9.33. The Morgan fingerprint density at radius 2 is 1.82 bits per heavy atom. The van der Waals surface area contributed by atoms with Gasteiger partial charge in [0.05, 0.1) is 34.4 Å². The highest BCUT2D eigenvalue weighted by Gasteiger charge is 2.52. The van der Waals surface area contributed by atoms with Crippen LogP contribution in [0.3, 0.4) is 0 Å². The van der Waals surface area contributed by atoms with Crippen molar-refractivity contribution in [2.45, 2.75) is 36.1 Å². The van der Waals surface area contributed by atoms with Crippen molar-refractivity contribution in [2.24, 2.45) is 12.5 Å². The fourth-order valence-corrected chi connectivity index (χ4v) is 7.14. The smallest absolute Gasteiger partial charge is 0.267 e. The Kier molecular flexibility index (Phi) is 5.60. The van der Waals surface area contributed by atoms with E-state index in [4.69, 9.17) is 0 Å². The molecule has 0 N–H and O–H groups in total. The van der Waals surface area contributed by atoms with Crippen LogP contribution in [0.5, 0.6) is 0 Å². The van der Waals surface area contributed by atoms with Crippen molar-refractivity contribution in [3.05, 3.63) is 89.3 Å². The number of carbonyl (C=O) groups excluding carboxylic acids is 1. The van der Waals surface area contributed by atoms with Crippen molar-refractivity contribution in [2.75, 3.05) is 0 Å². The molecule has 3 aromatic heterocycles. The van der Waals surface area contributed by atoms with E-state index in [9.17, 15) is 22.0 Å². The van der Waals surface area contributed by atoms with Crippen molar-refractivity contribution < 1.29 is 22.0 Å². The van der Waals surface area contributed by atoms with Gasteiger partial charge in [-0.15, -0.1) is 5.10 Å². The molecule has 1 aromatic carbocycles. The first-order valence-electron chi connectivity index (χ1n) is 12.0. The summed E-state index contributed by atoms with van der Waals surface area (Å²) < 4.78 is 57.1. The molecule has 0 amide bonds. The average molecular weight is 537 g/mol. The van der Waals surface area contributed by atoms with Crippen LogP contribution in [0.2, 0.25) is 0 Å². The predicted molar refractivity (Wildman–Crippen MR) is 132 cm³/mol. The number of nitrogens with zero attached hydrogens (tertiary/aromatic N) is 6. The summed E-state index contributed by atoms with van der Waals surface area (Å²) in [6.07, 6.45) is 6.60. The lowest BCUT2D eigenvalue weighted by atomic mass is 9.61. The summed E-state index contributed by atoms with van der Waals surface area (Å²) in [6, 6.07) is 8.39. The van der Waals surface area contributed by atoms with E-state index in [-0.39, 0.29) is 41.7 Å². The summed E-state index contributed by atoms with van der Waals surface area (Å²) in [7, 11) is -2.35. The zero-order valence-corrected chi connectivity index (χ0v) is 21.1. The summed E-state index contributed by atoms with van der Waals surface area (Å²) in [5.74, 6) is -1.32. The van der Waals surface area contributed by atoms with Crippen molar-refractivity contribution in [3.63, 3.8) is 0 Å². The Morgan fingerprint density at radius 3 is 2.50 bits per heavy atom. The molecule has 2 atom stereocenters. The number of hydrogen-bond acceptors (Lipinski definition) is 7. The number of benzene rings is 1. The number of halogens is 2. The fraction of sp³-hybridized carbons (Fsp3) is 0.269. The lowest BCUT2D eigenvalue weighted by molar-refractivity contribution is 0.0796. The number of sulfone groups is 1. The first-order chi connectivity index (χ1) is 18.2. The zero-order chi connectivity index (χ0) is 26.7.